The minimum absolute atomic E-state index is 0.394. The second kappa shape index (κ2) is 6.58. The molecule has 0 amide bonds. The van der Waals surface area contributed by atoms with Gasteiger partial charge in [0.2, 0.25) is 0 Å². The largest absolute Gasteiger partial charge is 0.466 e. The van der Waals surface area contributed by atoms with Gasteiger partial charge in [0.25, 0.3) is 0 Å². The van der Waals surface area contributed by atoms with Crippen LogP contribution in [0.2, 0.25) is 0 Å². The van der Waals surface area contributed by atoms with Crippen molar-refractivity contribution in [2.75, 3.05) is 7.11 Å². The average molecular weight is 232 g/mol. The van der Waals surface area contributed by atoms with Gasteiger partial charge in [0.1, 0.15) is 0 Å². The topological polar surface area (TPSA) is 52.1 Å². The summed E-state index contributed by atoms with van der Waals surface area (Å²) >= 11 is 0. The fraction of sp³-hybridized carbons (Fsp3) is 0.308. The molecule has 90 valence electrons. The van der Waals surface area contributed by atoms with Crippen LogP contribution in [0.4, 0.5) is 0 Å². The molecule has 17 heavy (non-hydrogen) atoms. The van der Waals surface area contributed by atoms with E-state index in [0.717, 1.165) is 17.6 Å². The SMILES string of the molecule is C=C(C)CC/C(=C/C(=O)OC)c1ncccn1. The zero-order valence-electron chi connectivity index (χ0n) is 10.1. The fourth-order valence-electron chi connectivity index (χ4n) is 1.26. The van der Waals surface area contributed by atoms with Crippen molar-refractivity contribution >= 4 is 11.5 Å². The van der Waals surface area contributed by atoms with Crippen LogP contribution in [0.5, 0.6) is 0 Å². The van der Waals surface area contributed by atoms with Crippen LogP contribution in [0.15, 0.2) is 36.7 Å². The molecule has 1 aromatic rings. The molecule has 0 N–H and O–H groups in total. The van der Waals surface area contributed by atoms with Crippen LogP contribution in [0.3, 0.4) is 0 Å². The number of methoxy groups -OCH3 is 1. The molecule has 0 aliphatic rings. The Kier molecular flexibility index (Phi) is 5.07. The quantitative estimate of drug-likeness (QED) is 0.444. The van der Waals surface area contributed by atoms with E-state index in [4.69, 9.17) is 0 Å². The number of esters is 1. The van der Waals surface area contributed by atoms with Crippen molar-refractivity contribution in [2.45, 2.75) is 19.8 Å². The van der Waals surface area contributed by atoms with E-state index in [9.17, 15) is 4.79 Å². The molecule has 0 saturated carbocycles. The second-order valence-corrected chi connectivity index (χ2v) is 3.72. The van der Waals surface area contributed by atoms with E-state index in [-0.39, 0.29) is 0 Å². The predicted molar refractivity (Wildman–Crippen MR) is 66.1 cm³/mol. The summed E-state index contributed by atoms with van der Waals surface area (Å²) in [7, 11) is 1.35. The lowest BCUT2D eigenvalue weighted by Crippen LogP contribution is -2.00. The highest BCUT2D eigenvalue weighted by Crippen LogP contribution is 2.18. The number of ether oxygens (including phenoxy) is 1. The zero-order valence-corrected chi connectivity index (χ0v) is 10.1. The van der Waals surface area contributed by atoms with Crippen molar-refractivity contribution in [3.05, 3.63) is 42.5 Å². The van der Waals surface area contributed by atoms with Gasteiger partial charge in [-0.25, -0.2) is 14.8 Å². The maximum absolute atomic E-state index is 11.3. The standard InChI is InChI=1S/C13H16N2O2/c1-10(2)5-6-11(9-12(16)17-3)13-14-7-4-8-15-13/h4,7-9H,1,5-6H2,2-3H3/b11-9-. The minimum Gasteiger partial charge on any atom is -0.466 e. The van der Waals surface area contributed by atoms with Crippen molar-refractivity contribution in [1.82, 2.24) is 9.97 Å². The van der Waals surface area contributed by atoms with Crippen LogP contribution < -0.4 is 0 Å². The minimum atomic E-state index is -0.394. The summed E-state index contributed by atoms with van der Waals surface area (Å²) in [5.41, 5.74) is 1.82. The van der Waals surface area contributed by atoms with Gasteiger partial charge in [0.05, 0.1) is 7.11 Å². The lowest BCUT2D eigenvalue weighted by Gasteiger charge is -2.05. The van der Waals surface area contributed by atoms with Crippen molar-refractivity contribution in [3.63, 3.8) is 0 Å². The number of rotatable bonds is 5. The number of nitrogens with zero attached hydrogens (tertiary/aromatic N) is 2. The molecule has 0 bridgehead atoms. The zero-order chi connectivity index (χ0) is 12.7. The summed E-state index contributed by atoms with van der Waals surface area (Å²) in [6, 6.07) is 1.73. The number of hydrogen-bond donors (Lipinski definition) is 0. The highest BCUT2D eigenvalue weighted by Gasteiger charge is 2.07. The third-order valence-corrected chi connectivity index (χ3v) is 2.17. The molecule has 0 aromatic carbocycles. The second-order valence-electron chi connectivity index (χ2n) is 3.72. The summed E-state index contributed by atoms with van der Waals surface area (Å²) in [4.78, 5) is 19.5. The van der Waals surface area contributed by atoms with E-state index >= 15 is 0 Å². The van der Waals surface area contributed by atoms with Crippen LogP contribution in [-0.4, -0.2) is 23.0 Å². The van der Waals surface area contributed by atoms with Crippen LogP contribution in [0.1, 0.15) is 25.6 Å². The summed E-state index contributed by atoms with van der Waals surface area (Å²) in [5.74, 6) is 0.160. The molecule has 4 nitrogen and oxygen atoms in total. The Hall–Kier alpha value is -1.97. The fourth-order valence-corrected chi connectivity index (χ4v) is 1.26. The molecule has 0 atom stereocenters. The van der Waals surface area contributed by atoms with Crippen LogP contribution in [-0.2, 0) is 9.53 Å². The molecule has 0 fully saturated rings. The molecule has 0 unspecified atom stereocenters. The number of allylic oxidation sites excluding steroid dienone is 2. The van der Waals surface area contributed by atoms with Gasteiger partial charge in [0, 0.05) is 24.0 Å². The van der Waals surface area contributed by atoms with Crippen LogP contribution >= 0.6 is 0 Å². The number of aromatic nitrogens is 2. The first-order valence-electron chi connectivity index (χ1n) is 5.33. The number of hydrogen-bond acceptors (Lipinski definition) is 4. The number of carbonyl (C=O) groups excluding carboxylic acids is 1. The first-order valence-corrected chi connectivity index (χ1v) is 5.33. The van der Waals surface area contributed by atoms with Crippen molar-refractivity contribution in [1.29, 1.82) is 0 Å². The highest BCUT2D eigenvalue weighted by atomic mass is 16.5. The molecule has 1 aromatic heterocycles. The number of carbonyl (C=O) groups is 1. The third-order valence-electron chi connectivity index (χ3n) is 2.17. The van der Waals surface area contributed by atoms with Gasteiger partial charge in [-0.1, -0.05) is 5.57 Å². The van der Waals surface area contributed by atoms with E-state index in [1.165, 1.54) is 13.2 Å². The molecule has 4 heteroatoms. The van der Waals surface area contributed by atoms with E-state index in [1.807, 2.05) is 6.92 Å². The first-order chi connectivity index (χ1) is 8.13. The molecule has 1 heterocycles. The van der Waals surface area contributed by atoms with Gasteiger partial charge < -0.3 is 4.74 Å². The third kappa shape index (κ3) is 4.59. The summed E-state index contributed by atoms with van der Waals surface area (Å²) < 4.78 is 4.62. The summed E-state index contributed by atoms with van der Waals surface area (Å²) in [6.07, 6.45) is 6.19. The predicted octanol–water partition coefficient (Wildman–Crippen LogP) is 2.39. The monoisotopic (exact) mass is 232 g/mol. The highest BCUT2D eigenvalue weighted by molar-refractivity contribution is 5.90. The summed E-state index contributed by atoms with van der Waals surface area (Å²) in [5, 5.41) is 0. The smallest absolute Gasteiger partial charge is 0.330 e. The van der Waals surface area contributed by atoms with Crippen LogP contribution in [0, 0.1) is 0 Å². The Bertz CT molecular complexity index is 424. The first kappa shape index (κ1) is 13.1. The Morgan fingerprint density at radius 3 is 2.59 bits per heavy atom. The van der Waals surface area contributed by atoms with Crippen molar-refractivity contribution in [2.24, 2.45) is 0 Å². The van der Waals surface area contributed by atoms with E-state index in [0.29, 0.717) is 12.2 Å². The molecule has 0 aliphatic heterocycles. The molecule has 0 saturated heterocycles. The Balaban J connectivity index is 2.90. The Morgan fingerprint density at radius 2 is 2.06 bits per heavy atom. The molecular weight excluding hydrogens is 216 g/mol. The van der Waals surface area contributed by atoms with E-state index in [2.05, 4.69) is 21.3 Å². The van der Waals surface area contributed by atoms with Crippen molar-refractivity contribution in [3.8, 4) is 0 Å². The van der Waals surface area contributed by atoms with Gasteiger partial charge >= 0.3 is 5.97 Å². The van der Waals surface area contributed by atoms with E-state index in [1.54, 1.807) is 18.5 Å². The summed E-state index contributed by atoms with van der Waals surface area (Å²) in [6.45, 7) is 5.78. The van der Waals surface area contributed by atoms with Gasteiger partial charge in [-0.05, 0) is 25.8 Å². The lowest BCUT2D eigenvalue weighted by atomic mass is 10.1. The average Bonchev–Trinajstić information content (AvgIpc) is 2.35. The molecule has 0 radical (unpaired) electrons. The van der Waals surface area contributed by atoms with Crippen LogP contribution in [0.25, 0.3) is 5.57 Å². The Morgan fingerprint density at radius 1 is 1.41 bits per heavy atom. The molecular formula is C13H16N2O2. The molecule has 0 aliphatic carbocycles. The maximum atomic E-state index is 11.3. The normalized spacial score (nSPS) is 11.1. The van der Waals surface area contributed by atoms with Gasteiger partial charge in [-0.2, -0.15) is 0 Å². The molecule has 1 rings (SSSR count). The van der Waals surface area contributed by atoms with E-state index < -0.39 is 5.97 Å². The Labute approximate surface area is 101 Å². The van der Waals surface area contributed by atoms with Gasteiger partial charge in [0.15, 0.2) is 5.82 Å². The molecule has 0 spiro atoms. The van der Waals surface area contributed by atoms with Gasteiger partial charge in [-0.15, -0.1) is 6.58 Å². The van der Waals surface area contributed by atoms with Gasteiger partial charge in [-0.3, -0.25) is 0 Å². The lowest BCUT2D eigenvalue weighted by molar-refractivity contribution is -0.134. The van der Waals surface area contributed by atoms with Crippen molar-refractivity contribution < 1.29 is 9.53 Å². The maximum Gasteiger partial charge on any atom is 0.330 e.